The number of ether oxygens (including phenoxy) is 1. The van der Waals surface area contributed by atoms with Crippen LogP contribution in [-0.2, 0) is 25.5 Å². The molecule has 0 aromatic heterocycles. The van der Waals surface area contributed by atoms with Crippen molar-refractivity contribution < 1.29 is 23.9 Å². The maximum atomic E-state index is 12.6. The number of rotatable bonds is 7. The third-order valence-corrected chi connectivity index (χ3v) is 5.01. The van der Waals surface area contributed by atoms with Gasteiger partial charge < -0.3 is 10.1 Å². The van der Waals surface area contributed by atoms with Crippen molar-refractivity contribution in [2.75, 3.05) is 6.61 Å². The van der Waals surface area contributed by atoms with Crippen LogP contribution in [0.5, 0.6) is 0 Å². The highest BCUT2D eigenvalue weighted by Crippen LogP contribution is 2.38. The SMILES string of the molecule is C[C@@H]1C[C@H]1C(=O)OCC(=O)NN1C(=O)N[C@](C)(CCc2ccccc2)C1=O. The van der Waals surface area contributed by atoms with Gasteiger partial charge in [-0.2, -0.15) is 5.01 Å². The zero-order valence-corrected chi connectivity index (χ0v) is 15.4. The molecule has 3 atom stereocenters. The summed E-state index contributed by atoms with van der Waals surface area (Å²) in [4.78, 5) is 48.3. The standard InChI is InChI=1S/C19H23N3O5/c1-12-10-14(12)16(24)27-11-15(23)21-22-17(25)19(2,20-18(22)26)9-8-13-6-4-3-5-7-13/h3-7,12,14H,8-11H2,1-2H3,(H,20,26)(H,21,23)/t12-,14-,19-/m1/s1. The molecule has 27 heavy (non-hydrogen) atoms. The lowest BCUT2D eigenvalue weighted by atomic mass is 9.93. The maximum Gasteiger partial charge on any atom is 0.344 e. The Hall–Kier alpha value is -2.90. The average molecular weight is 373 g/mol. The van der Waals surface area contributed by atoms with E-state index in [1.165, 1.54) is 0 Å². The number of amides is 4. The summed E-state index contributed by atoms with van der Waals surface area (Å²) < 4.78 is 4.92. The zero-order valence-electron chi connectivity index (χ0n) is 15.4. The first kappa shape index (κ1) is 18.9. The van der Waals surface area contributed by atoms with E-state index < -0.39 is 36.0 Å². The quantitative estimate of drug-likeness (QED) is 0.551. The Morgan fingerprint density at radius 1 is 1.30 bits per heavy atom. The zero-order chi connectivity index (χ0) is 19.6. The average Bonchev–Trinajstić information content (AvgIpc) is 3.34. The summed E-state index contributed by atoms with van der Waals surface area (Å²) in [5, 5.41) is 3.27. The van der Waals surface area contributed by atoms with E-state index in [-0.39, 0.29) is 11.8 Å². The molecule has 1 aliphatic carbocycles. The summed E-state index contributed by atoms with van der Waals surface area (Å²) in [6.07, 6.45) is 1.75. The number of hydrogen-bond acceptors (Lipinski definition) is 5. The molecule has 1 heterocycles. The highest BCUT2D eigenvalue weighted by molar-refractivity contribution is 6.07. The summed E-state index contributed by atoms with van der Waals surface area (Å²) in [6, 6.07) is 8.90. The number of nitrogens with one attached hydrogen (secondary N) is 2. The number of esters is 1. The molecule has 1 aromatic rings. The molecular formula is C19H23N3O5. The molecule has 2 N–H and O–H groups in total. The van der Waals surface area contributed by atoms with Gasteiger partial charge in [-0.3, -0.25) is 19.8 Å². The maximum absolute atomic E-state index is 12.6. The lowest BCUT2D eigenvalue weighted by molar-refractivity contribution is -0.152. The van der Waals surface area contributed by atoms with Crippen LogP contribution in [0.1, 0.15) is 32.3 Å². The van der Waals surface area contributed by atoms with Crippen molar-refractivity contribution in [2.45, 2.75) is 38.6 Å². The van der Waals surface area contributed by atoms with Gasteiger partial charge in [0.1, 0.15) is 5.54 Å². The molecule has 0 spiro atoms. The van der Waals surface area contributed by atoms with Crippen molar-refractivity contribution in [1.29, 1.82) is 0 Å². The Morgan fingerprint density at radius 2 is 1.96 bits per heavy atom. The van der Waals surface area contributed by atoms with Crippen molar-refractivity contribution in [3.8, 4) is 0 Å². The minimum absolute atomic E-state index is 0.157. The van der Waals surface area contributed by atoms with Gasteiger partial charge in [0.15, 0.2) is 6.61 Å². The third kappa shape index (κ3) is 4.27. The van der Waals surface area contributed by atoms with Crippen molar-refractivity contribution in [3.05, 3.63) is 35.9 Å². The van der Waals surface area contributed by atoms with Crippen LogP contribution >= 0.6 is 0 Å². The number of aryl methyl sites for hydroxylation is 1. The number of carbonyl (C=O) groups excluding carboxylic acids is 4. The van der Waals surface area contributed by atoms with Gasteiger partial charge in [0, 0.05) is 0 Å². The molecule has 3 rings (SSSR count). The van der Waals surface area contributed by atoms with Crippen LogP contribution < -0.4 is 10.7 Å². The van der Waals surface area contributed by atoms with Crippen LogP contribution in [0.15, 0.2) is 30.3 Å². The molecule has 144 valence electrons. The Balaban J connectivity index is 1.52. The molecule has 0 bridgehead atoms. The van der Waals surface area contributed by atoms with E-state index in [4.69, 9.17) is 4.74 Å². The molecule has 1 saturated carbocycles. The molecule has 8 nitrogen and oxygen atoms in total. The normalized spacial score (nSPS) is 26.5. The first-order chi connectivity index (χ1) is 12.8. The highest BCUT2D eigenvalue weighted by atomic mass is 16.5. The minimum atomic E-state index is -1.11. The molecule has 2 aliphatic rings. The number of benzene rings is 1. The predicted molar refractivity (Wildman–Crippen MR) is 94.9 cm³/mol. The fraction of sp³-hybridized carbons (Fsp3) is 0.474. The summed E-state index contributed by atoms with van der Waals surface area (Å²) in [5.41, 5.74) is 2.15. The van der Waals surface area contributed by atoms with Gasteiger partial charge in [-0.15, -0.1) is 0 Å². The highest BCUT2D eigenvalue weighted by Gasteiger charge is 2.48. The van der Waals surface area contributed by atoms with E-state index in [0.717, 1.165) is 12.0 Å². The molecule has 1 saturated heterocycles. The van der Waals surface area contributed by atoms with Gasteiger partial charge >= 0.3 is 12.0 Å². The number of imide groups is 1. The van der Waals surface area contributed by atoms with E-state index in [0.29, 0.717) is 17.9 Å². The van der Waals surface area contributed by atoms with Crippen molar-refractivity contribution in [3.63, 3.8) is 0 Å². The number of hydrazine groups is 1. The van der Waals surface area contributed by atoms with Gasteiger partial charge in [0.05, 0.1) is 5.92 Å². The van der Waals surface area contributed by atoms with Crippen LogP contribution in [0.25, 0.3) is 0 Å². The summed E-state index contributed by atoms with van der Waals surface area (Å²) in [5.74, 6) is -1.58. The lowest BCUT2D eigenvalue weighted by Crippen LogP contribution is -2.50. The Morgan fingerprint density at radius 3 is 2.59 bits per heavy atom. The molecule has 4 amide bonds. The molecule has 0 unspecified atom stereocenters. The van der Waals surface area contributed by atoms with Gasteiger partial charge in [0.25, 0.3) is 11.8 Å². The molecular weight excluding hydrogens is 350 g/mol. The van der Waals surface area contributed by atoms with Crippen LogP contribution in [0, 0.1) is 11.8 Å². The second-order valence-electron chi connectivity index (χ2n) is 7.35. The third-order valence-electron chi connectivity index (χ3n) is 5.01. The molecule has 8 heteroatoms. The van der Waals surface area contributed by atoms with Gasteiger partial charge in [0.2, 0.25) is 0 Å². The molecule has 2 fully saturated rings. The van der Waals surface area contributed by atoms with Gasteiger partial charge in [-0.1, -0.05) is 37.3 Å². The fourth-order valence-corrected chi connectivity index (χ4v) is 3.05. The van der Waals surface area contributed by atoms with E-state index in [9.17, 15) is 19.2 Å². The monoisotopic (exact) mass is 373 g/mol. The molecule has 1 aliphatic heterocycles. The Kier molecular flexibility index (Phi) is 5.16. The van der Waals surface area contributed by atoms with Gasteiger partial charge in [-0.05, 0) is 37.7 Å². The largest absolute Gasteiger partial charge is 0.455 e. The summed E-state index contributed by atoms with van der Waals surface area (Å²) >= 11 is 0. The lowest BCUT2D eigenvalue weighted by Gasteiger charge is -2.21. The summed E-state index contributed by atoms with van der Waals surface area (Å²) in [6.45, 7) is 3.02. The minimum Gasteiger partial charge on any atom is -0.455 e. The van der Waals surface area contributed by atoms with Crippen molar-refractivity contribution in [1.82, 2.24) is 15.8 Å². The number of hydrogen-bond donors (Lipinski definition) is 2. The predicted octanol–water partition coefficient (Wildman–Crippen LogP) is 1.16. The number of urea groups is 1. The second-order valence-corrected chi connectivity index (χ2v) is 7.35. The van der Waals surface area contributed by atoms with Crippen molar-refractivity contribution in [2.24, 2.45) is 11.8 Å². The first-order valence-corrected chi connectivity index (χ1v) is 8.97. The molecule has 1 aromatic carbocycles. The Bertz CT molecular complexity index is 766. The van der Waals surface area contributed by atoms with Gasteiger partial charge in [-0.25, -0.2) is 4.79 Å². The topological polar surface area (TPSA) is 105 Å². The summed E-state index contributed by atoms with van der Waals surface area (Å²) in [7, 11) is 0. The second kappa shape index (κ2) is 7.38. The molecule has 0 radical (unpaired) electrons. The number of carbonyl (C=O) groups is 4. The first-order valence-electron chi connectivity index (χ1n) is 8.97. The van der Waals surface area contributed by atoms with E-state index in [1.807, 2.05) is 37.3 Å². The van der Waals surface area contributed by atoms with E-state index in [1.54, 1.807) is 6.92 Å². The Labute approximate surface area is 157 Å². The van der Waals surface area contributed by atoms with Crippen molar-refractivity contribution >= 4 is 23.8 Å². The van der Waals surface area contributed by atoms with E-state index in [2.05, 4.69) is 10.7 Å². The van der Waals surface area contributed by atoms with Crippen LogP contribution in [0.4, 0.5) is 4.79 Å². The van der Waals surface area contributed by atoms with E-state index >= 15 is 0 Å². The number of nitrogens with zero attached hydrogens (tertiary/aromatic N) is 1. The fourth-order valence-electron chi connectivity index (χ4n) is 3.05. The smallest absolute Gasteiger partial charge is 0.344 e. The van der Waals surface area contributed by atoms with Crippen LogP contribution in [-0.4, -0.2) is 41.0 Å². The van der Waals surface area contributed by atoms with Crippen LogP contribution in [0.3, 0.4) is 0 Å². The van der Waals surface area contributed by atoms with Crippen LogP contribution in [0.2, 0.25) is 0 Å².